The molecule has 2 saturated carbocycles. The number of aromatic amines is 1. The van der Waals surface area contributed by atoms with Gasteiger partial charge in [-0.05, 0) is 90.6 Å². The number of sulfone groups is 1. The lowest BCUT2D eigenvalue weighted by Gasteiger charge is -2.38. The Bertz CT molecular complexity index is 4220. The van der Waals surface area contributed by atoms with Crippen LogP contribution in [-0.2, 0) is 20.9 Å². The molecule has 7 aromatic carbocycles. The largest absolute Gasteiger partial charge is 0.321 e. The van der Waals surface area contributed by atoms with E-state index in [-0.39, 0.29) is 16.0 Å². The highest BCUT2D eigenvalue weighted by molar-refractivity contribution is 7.90. The van der Waals surface area contributed by atoms with Crippen molar-refractivity contribution in [2.45, 2.75) is 54.5 Å². The van der Waals surface area contributed by atoms with E-state index in [0.29, 0.717) is 0 Å². The summed E-state index contributed by atoms with van der Waals surface area (Å²) in [6, 6.07) is 56.9. The predicted octanol–water partition coefficient (Wildman–Crippen LogP) is 12.6. The second-order valence-corrected chi connectivity index (χ2v) is 22.2. The van der Waals surface area contributed by atoms with Crippen molar-refractivity contribution in [2.75, 3.05) is 6.26 Å². The molecule has 368 valence electrons. The summed E-state index contributed by atoms with van der Waals surface area (Å²) in [5, 5.41) is 18.8. The van der Waals surface area contributed by atoms with Crippen LogP contribution in [0.25, 0.3) is 100 Å². The van der Waals surface area contributed by atoms with E-state index >= 15 is 0 Å². The third-order valence-electron chi connectivity index (χ3n) is 15.4. The molecule has 0 bridgehead atoms. The maximum absolute atomic E-state index is 12.2. The minimum Gasteiger partial charge on any atom is -0.321 e. The number of nitrogens with zero attached hydrogens (tertiary/aromatic N) is 7. The van der Waals surface area contributed by atoms with Crippen molar-refractivity contribution in [3.8, 4) is 67.0 Å². The lowest BCUT2D eigenvalue weighted by Crippen LogP contribution is -2.43. The Kier molecular flexibility index (Phi) is 11.1. The van der Waals surface area contributed by atoms with Crippen LogP contribution in [0, 0.1) is 0 Å². The highest BCUT2D eigenvalue weighted by atomic mass is 32.2. The molecular formula is C62H52N10O2S. The number of fused-ring (bicyclic) bond motifs is 6. The number of H-pyrrole nitrogens is 1. The highest BCUT2D eigenvalue weighted by Gasteiger charge is 2.35. The van der Waals surface area contributed by atoms with Crippen LogP contribution in [0.1, 0.15) is 49.7 Å². The zero-order valence-electron chi connectivity index (χ0n) is 41.2. The normalized spacial score (nSPS) is 14.9. The van der Waals surface area contributed by atoms with Gasteiger partial charge in [-0.3, -0.25) is 5.10 Å². The van der Waals surface area contributed by atoms with Gasteiger partial charge in [0.15, 0.2) is 21.1 Å². The fraction of sp³-hybridized carbons (Fsp3) is 0.145. The zero-order chi connectivity index (χ0) is 50.9. The molecule has 0 unspecified atom stereocenters. The van der Waals surface area contributed by atoms with Gasteiger partial charge in [0.25, 0.3) is 0 Å². The molecule has 12 nitrogen and oxygen atoms in total. The summed E-state index contributed by atoms with van der Waals surface area (Å²) >= 11 is 0. The van der Waals surface area contributed by atoms with Crippen molar-refractivity contribution >= 4 is 42.9 Å². The Morgan fingerprint density at radius 1 is 0.493 bits per heavy atom. The van der Waals surface area contributed by atoms with Gasteiger partial charge in [-0.15, -0.1) is 0 Å². The van der Waals surface area contributed by atoms with Gasteiger partial charge in [-0.25, -0.2) is 27.4 Å². The summed E-state index contributed by atoms with van der Waals surface area (Å²) in [5.41, 5.74) is 30.1. The fourth-order valence-electron chi connectivity index (χ4n) is 10.8. The molecule has 5 heterocycles. The van der Waals surface area contributed by atoms with E-state index in [1.54, 1.807) is 18.2 Å². The lowest BCUT2D eigenvalue weighted by atomic mass is 9.72. The molecule has 14 rings (SSSR count). The molecule has 0 saturated heterocycles. The number of hydrogen-bond donors (Lipinski definition) is 3. The van der Waals surface area contributed by atoms with Crippen molar-refractivity contribution in [2.24, 2.45) is 11.5 Å². The van der Waals surface area contributed by atoms with E-state index < -0.39 is 9.84 Å². The molecule has 5 N–H and O–H groups in total. The molecular weight excluding hydrogens is 949 g/mol. The summed E-state index contributed by atoms with van der Waals surface area (Å²) < 4.78 is 28.2. The van der Waals surface area contributed by atoms with E-state index in [2.05, 4.69) is 113 Å². The Balaban J connectivity index is 0.000000145. The summed E-state index contributed by atoms with van der Waals surface area (Å²) in [6.45, 7) is 0. The topological polar surface area (TPSA) is 175 Å². The summed E-state index contributed by atoms with van der Waals surface area (Å²) in [5.74, 6) is 0. The first-order valence-corrected chi connectivity index (χ1v) is 27.2. The van der Waals surface area contributed by atoms with Gasteiger partial charge in [0.05, 0.1) is 22.5 Å². The van der Waals surface area contributed by atoms with Crippen LogP contribution < -0.4 is 11.5 Å². The van der Waals surface area contributed by atoms with Crippen LogP contribution in [0.15, 0.2) is 200 Å². The SMILES string of the molecule is CS(=O)(=O)c1cccc(-c2cccc3c2nn2cc(-c4ccccc4)c(-c4ccc(C5(N)CCC5)cc4)nc32)c1.NC1(c2ccc(-c3nc4c5cccc(-c6cn[nH]c6)c5nn4cc3-c3ccccc3)cc2)CCC1. The van der Waals surface area contributed by atoms with Crippen LogP contribution in [0.2, 0.25) is 0 Å². The van der Waals surface area contributed by atoms with Gasteiger partial charge in [-0.1, -0.05) is 146 Å². The number of rotatable bonds is 9. The molecule has 0 amide bonds. The van der Waals surface area contributed by atoms with Crippen molar-refractivity contribution in [1.29, 1.82) is 0 Å². The number of aromatic nitrogens is 8. The molecule has 12 aromatic rings. The first-order valence-electron chi connectivity index (χ1n) is 25.3. The van der Waals surface area contributed by atoms with E-state index in [4.69, 9.17) is 31.6 Å². The minimum absolute atomic E-state index is 0.177. The van der Waals surface area contributed by atoms with Gasteiger partial charge in [0, 0.05) is 85.6 Å². The van der Waals surface area contributed by atoms with Gasteiger partial charge < -0.3 is 11.5 Å². The van der Waals surface area contributed by atoms with Crippen LogP contribution in [0.4, 0.5) is 0 Å². The zero-order valence-corrected chi connectivity index (χ0v) is 42.0. The van der Waals surface area contributed by atoms with Gasteiger partial charge in [-0.2, -0.15) is 15.3 Å². The van der Waals surface area contributed by atoms with Gasteiger partial charge in [0.1, 0.15) is 11.0 Å². The second kappa shape index (κ2) is 18.1. The molecule has 2 aliphatic rings. The Hall–Kier alpha value is -8.62. The first-order chi connectivity index (χ1) is 36.5. The van der Waals surface area contributed by atoms with Crippen molar-refractivity contribution in [3.63, 3.8) is 0 Å². The average molecular weight is 1000 g/mol. The Labute approximate surface area is 433 Å². The molecule has 0 radical (unpaired) electrons. The lowest BCUT2D eigenvalue weighted by molar-refractivity contribution is 0.253. The molecule has 0 spiro atoms. The number of nitrogens with two attached hydrogens (primary N) is 2. The fourth-order valence-corrected chi connectivity index (χ4v) is 11.5. The third kappa shape index (κ3) is 8.25. The molecule has 0 aliphatic heterocycles. The molecule has 2 fully saturated rings. The standard InChI is InChI=1S/C33H28N4O2S.C29H24N6/c1-40(38,39)26-11-5-10-24(20-26)27-12-6-13-28-31(27)36-37-21-29(22-8-3-2-4-9-22)30(35-32(28)37)23-14-16-25(17-15-23)33(34)18-7-19-33;30-29(14-5-15-29)22-12-10-20(11-13-22)26-25(19-6-2-1-3-7-19)18-35-28(33-26)24-9-4-8-23(27(24)34-35)21-16-31-32-17-21/h2-6,8-17,20-21H,7,18-19,34H2,1H3;1-4,6-13,16-18H,5,14-15,30H2,(H,31,32). The van der Waals surface area contributed by atoms with E-state index in [0.717, 1.165) is 126 Å². The maximum Gasteiger partial charge on any atom is 0.175 e. The van der Waals surface area contributed by atoms with Crippen LogP contribution in [0.3, 0.4) is 0 Å². The average Bonchev–Trinajstić information content (AvgIpc) is 4.20. The van der Waals surface area contributed by atoms with Crippen LogP contribution in [0.5, 0.6) is 0 Å². The van der Waals surface area contributed by atoms with E-state index in [9.17, 15) is 8.42 Å². The summed E-state index contributed by atoms with van der Waals surface area (Å²) in [6.07, 6.45) is 15.6. The minimum atomic E-state index is -3.34. The number of benzene rings is 7. The van der Waals surface area contributed by atoms with Gasteiger partial charge in [0.2, 0.25) is 0 Å². The van der Waals surface area contributed by atoms with Crippen molar-refractivity contribution in [3.05, 3.63) is 206 Å². The predicted molar refractivity (Wildman–Crippen MR) is 298 cm³/mol. The number of hydrogen-bond acceptors (Lipinski definition) is 9. The van der Waals surface area contributed by atoms with E-state index in [1.165, 1.54) is 30.2 Å². The molecule has 5 aromatic heterocycles. The van der Waals surface area contributed by atoms with Crippen molar-refractivity contribution < 1.29 is 8.42 Å². The molecule has 0 atom stereocenters. The Morgan fingerprint density at radius 2 is 0.947 bits per heavy atom. The third-order valence-corrected chi connectivity index (χ3v) is 16.5. The van der Waals surface area contributed by atoms with Crippen LogP contribution in [-0.4, -0.2) is 54.1 Å². The van der Waals surface area contributed by atoms with Crippen molar-refractivity contribution in [1.82, 2.24) is 39.4 Å². The monoisotopic (exact) mass is 1000 g/mol. The first kappa shape index (κ1) is 46.2. The van der Waals surface area contributed by atoms with Gasteiger partial charge >= 0.3 is 0 Å². The second-order valence-electron chi connectivity index (χ2n) is 20.1. The Morgan fingerprint density at radius 3 is 1.37 bits per heavy atom. The van der Waals surface area contributed by atoms with E-state index in [1.807, 2.05) is 82.2 Å². The molecule has 13 heteroatoms. The quantitative estimate of drug-likeness (QED) is 0.127. The smallest absolute Gasteiger partial charge is 0.175 e. The maximum atomic E-state index is 12.2. The van der Waals surface area contributed by atoms with Crippen LogP contribution >= 0.6 is 0 Å². The summed E-state index contributed by atoms with van der Waals surface area (Å²) in [4.78, 5) is 10.7. The summed E-state index contributed by atoms with van der Waals surface area (Å²) in [7, 11) is -3.34. The molecule has 75 heavy (non-hydrogen) atoms. The highest BCUT2D eigenvalue weighted by Crippen LogP contribution is 2.42. The molecule has 2 aliphatic carbocycles. The number of nitrogens with one attached hydrogen (secondary N) is 1.